The summed E-state index contributed by atoms with van der Waals surface area (Å²) in [6, 6.07) is 4.73. The van der Waals surface area contributed by atoms with Gasteiger partial charge in [0.2, 0.25) is 11.8 Å². The van der Waals surface area contributed by atoms with Gasteiger partial charge in [0.05, 0.1) is 0 Å². The van der Waals surface area contributed by atoms with Gasteiger partial charge < -0.3 is 9.73 Å². The number of hydrogen-bond acceptors (Lipinski definition) is 6. The zero-order chi connectivity index (χ0) is 15.7. The molecule has 0 bridgehead atoms. The van der Waals surface area contributed by atoms with Crippen LogP contribution in [0.15, 0.2) is 22.6 Å². The molecule has 2 aromatic heterocycles. The minimum absolute atomic E-state index is 0.152. The Hall–Kier alpha value is -2.77. The van der Waals surface area contributed by atoms with Gasteiger partial charge in [-0.1, -0.05) is 13.8 Å². The summed E-state index contributed by atoms with van der Waals surface area (Å²) in [5.74, 6) is 0.861. The average Bonchev–Trinajstić information content (AvgIpc) is 3.15. The van der Waals surface area contributed by atoms with E-state index in [1.807, 2.05) is 13.8 Å². The molecule has 0 aliphatic rings. The molecule has 0 aliphatic carbocycles. The second-order valence-corrected chi connectivity index (χ2v) is 5.36. The molecular weight excluding hydrogens is 284 g/mol. The summed E-state index contributed by atoms with van der Waals surface area (Å²) in [6.07, 6.45) is 0. The van der Waals surface area contributed by atoms with Crippen molar-refractivity contribution in [2.24, 2.45) is 0 Å². The van der Waals surface area contributed by atoms with Gasteiger partial charge in [-0.15, -0.1) is 10.2 Å². The Morgan fingerprint density at radius 3 is 2.59 bits per heavy atom. The number of amides is 1. The highest BCUT2D eigenvalue weighted by Crippen LogP contribution is 2.17. The van der Waals surface area contributed by atoms with Crippen LogP contribution in [0.1, 0.15) is 54.9 Å². The van der Waals surface area contributed by atoms with E-state index in [-0.39, 0.29) is 17.9 Å². The first-order valence-corrected chi connectivity index (χ1v) is 6.99. The van der Waals surface area contributed by atoms with E-state index in [0.29, 0.717) is 28.4 Å². The zero-order valence-electron chi connectivity index (χ0n) is 12.5. The van der Waals surface area contributed by atoms with Crippen LogP contribution in [0.2, 0.25) is 0 Å². The lowest BCUT2D eigenvalue weighted by molar-refractivity contribution is 0.0934. The topological polar surface area (TPSA) is 110 Å². The lowest BCUT2D eigenvalue weighted by Gasteiger charge is -2.09. The van der Waals surface area contributed by atoms with Crippen LogP contribution in [0.3, 0.4) is 0 Å². The van der Waals surface area contributed by atoms with Crippen molar-refractivity contribution in [2.45, 2.75) is 32.7 Å². The van der Waals surface area contributed by atoms with E-state index in [1.54, 1.807) is 25.1 Å². The Bertz CT molecular complexity index is 806. The molecular formula is C14H16N6O2. The van der Waals surface area contributed by atoms with E-state index >= 15 is 0 Å². The maximum atomic E-state index is 12.3. The van der Waals surface area contributed by atoms with E-state index < -0.39 is 0 Å². The predicted molar refractivity (Wildman–Crippen MR) is 78.2 cm³/mol. The molecule has 114 valence electrons. The van der Waals surface area contributed by atoms with E-state index in [2.05, 4.69) is 30.9 Å². The highest BCUT2D eigenvalue weighted by molar-refractivity contribution is 5.97. The summed E-state index contributed by atoms with van der Waals surface area (Å²) in [5, 5.41) is 21.2. The van der Waals surface area contributed by atoms with Crippen molar-refractivity contribution in [3.63, 3.8) is 0 Å². The molecule has 2 heterocycles. The number of rotatable bonds is 4. The standard InChI is InChI=1S/C14H16N6O2/c1-7(2)13-18-19-14(22-13)8(3)15-12(21)9-4-5-10-11(6-9)17-20-16-10/h4-8H,1-3H3,(H,15,21)(H,16,17,20). The van der Waals surface area contributed by atoms with Crippen molar-refractivity contribution in [3.8, 4) is 0 Å². The van der Waals surface area contributed by atoms with Gasteiger partial charge in [0, 0.05) is 11.5 Å². The first kappa shape index (κ1) is 14.2. The summed E-state index contributed by atoms with van der Waals surface area (Å²) >= 11 is 0. The maximum Gasteiger partial charge on any atom is 0.251 e. The number of aromatic nitrogens is 5. The van der Waals surface area contributed by atoms with Gasteiger partial charge in [-0.05, 0) is 25.1 Å². The van der Waals surface area contributed by atoms with Gasteiger partial charge in [0.25, 0.3) is 5.91 Å². The molecule has 0 aliphatic heterocycles. The van der Waals surface area contributed by atoms with Crippen molar-refractivity contribution < 1.29 is 9.21 Å². The van der Waals surface area contributed by atoms with Gasteiger partial charge in [0.1, 0.15) is 17.1 Å². The summed E-state index contributed by atoms with van der Waals surface area (Å²) < 4.78 is 5.54. The smallest absolute Gasteiger partial charge is 0.251 e. The third kappa shape index (κ3) is 2.67. The zero-order valence-corrected chi connectivity index (χ0v) is 12.5. The number of fused-ring (bicyclic) bond motifs is 1. The van der Waals surface area contributed by atoms with E-state index in [0.717, 1.165) is 0 Å². The average molecular weight is 300 g/mol. The monoisotopic (exact) mass is 300 g/mol. The molecule has 1 unspecified atom stereocenters. The van der Waals surface area contributed by atoms with Gasteiger partial charge >= 0.3 is 0 Å². The molecule has 8 heteroatoms. The molecule has 8 nitrogen and oxygen atoms in total. The second-order valence-electron chi connectivity index (χ2n) is 5.36. The molecule has 3 rings (SSSR count). The minimum atomic E-state index is -0.375. The normalized spacial score (nSPS) is 12.7. The summed E-state index contributed by atoms with van der Waals surface area (Å²) in [7, 11) is 0. The number of nitrogens with one attached hydrogen (secondary N) is 2. The fourth-order valence-electron chi connectivity index (χ4n) is 1.98. The molecule has 1 amide bonds. The third-order valence-corrected chi connectivity index (χ3v) is 3.25. The minimum Gasteiger partial charge on any atom is -0.423 e. The largest absolute Gasteiger partial charge is 0.423 e. The number of carbonyl (C=O) groups excluding carboxylic acids is 1. The Balaban J connectivity index is 1.74. The summed E-state index contributed by atoms with van der Waals surface area (Å²) in [4.78, 5) is 12.3. The number of carbonyl (C=O) groups is 1. The van der Waals surface area contributed by atoms with Gasteiger partial charge in [0.15, 0.2) is 0 Å². The molecule has 0 saturated carbocycles. The van der Waals surface area contributed by atoms with Gasteiger partial charge in [-0.25, -0.2) is 0 Å². The molecule has 2 N–H and O–H groups in total. The van der Waals surface area contributed by atoms with Crippen molar-refractivity contribution >= 4 is 16.9 Å². The van der Waals surface area contributed by atoms with Crippen molar-refractivity contribution in [2.75, 3.05) is 0 Å². The van der Waals surface area contributed by atoms with Crippen LogP contribution in [0, 0.1) is 0 Å². The number of aromatic amines is 1. The molecule has 0 saturated heterocycles. The van der Waals surface area contributed by atoms with Crippen LogP contribution in [-0.4, -0.2) is 31.5 Å². The number of H-pyrrole nitrogens is 1. The lowest BCUT2D eigenvalue weighted by Crippen LogP contribution is -2.26. The highest BCUT2D eigenvalue weighted by Gasteiger charge is 2.18. The van der Waals surface area contributed by atoms with Crippen LogP contribution >= 0.6 is 0 Å². The molecule has 0 radical (unpaired) electrons. The summed E-state index contributed by atoms with van der Waals surface area (Å²) in [6.45, 7) is 5.73. The third-order valence-electron chi connectivity index (χ3n) is 3.25. The van der Waals surface area contributed by atoms with E-state index in [9.17, 15) is 4.79 Å². The Labute approximate surface area is 126 Å². The fourth-order valence-corrected chi connectivity index (χ4v) is 1.98. The molecule has 3 aromatic rings. The van der Waals surface area contributed by atoms with Gasteiger partial charge in [-0.3, -0.25) is 4.79 Å². The van der Waals surface area contributed by atoms with E-state index in [1.165, 1.54) is 0 Å². The van der Waals surface area contributed by atoms with Crippen LogP contribution in [0.5, 0.6) is 0 Å². The quantitative estimate of drug-likeness (QED) is 0.762. The van der Waals surface area contributed by atoms with Crippen LogP contribution < -0.4 is 5.32 Å². The summed E-state index contributed by atoms with van der Waals surface area (Å²) in [5.41, 5.74) is 1.85. The number of nitrogens with zero attached hydrogens (tertiary/aromatic N) is 4. The first-order valence-electron chi connectivity index (χ1n) is 6.99. The predicted octanol–water partition coefficient (Wildman–Crippen LogP) is 1.96. The Morgan fingerprint density at radius 2 is 1.86 bits per heavy atom. The van der Waals surface area contributed by atoms with Crippen LogP contribution in [-0.2, 0) is 0 Å². The Morgan fingerprint density at radius 1 is 1.14 bits per heavy atom. The highest BCUT2D eigenvalue weighted by atomic mass is 16.4. The first-order chi connectivity index (χ1) is 10.5. The SMILES string of the molecule is CC(C)c1nnc(C(C)NC(=O)c2ccc3n[nH]nc3c2)o1. The molecule has 0 spiro atoms. The molecule has 1 atom stereocenters. The maximum absolute atomic E-state index is 12.3. The molecule has 0 fully saturated rings. The van der Waals surface area contributed by atoms with Crippen molar-refractivity contribution in [1.29, 1.82) is 0 Å². The molecule has 1 aromatic carbocycles. The van der Waals surface area contributed by atoms with Crippen LogP contribution in [0.25, 0.3) is 11.0 Å². The second kappa shape index (κ2) is 5.55. The lowest BCUT2D eigenvalue weighted by atomic mass is 10.1. The van der Waals surface area contributed by atoms with Crippen molar-refractivity contribution in [1.82, 2.24) is 30.9 Å². The van der Waals surface area contributed by atoms with Crippen molar-refractivity contribution in [3.05, 3.63) is 35.5 Å². The van der Waals surface area contributed by atoms with Crippen LogP contribution in [0.4, 0.5) is 0 Å². The number of benzene rings is 1. The molecule has 22 heavy (non-hydrogen) atoms. The number of hydrogen-bond donors (Lipinski definition) is 2. The Kier molecular flexibility index (Phi) is 3.58. The van der Waals surface area contributed by atoms with E-state index in [4.69, 9.17) is 4.42 Å². The fraction of sp³-hybridized carbons (Fsp3) is 0.357. The van der Waals surface area contributed by atoms with Gasteiger partial charge in [-0.2, -0.15) is 15.4 Å².